The minimum atomic E-state index is -0.278. The van der Waals surface area contributed by atoms with Crippen molar-refractivity contribution in [2.24, 2.45) is 0 Å². The summed E-state index contributed by atoms with van der Waals surface area (Å²) in [5, 5.41) is 17.2. The van der Waals surface area contributed by atoms with Crippen molar-refractivity contribution in [1.82, 2.24) is 4.98 Å². The van der Waals surface area contributed by atoms with Crippen molar-refractivity contribution in [1.29, 1.82) is 5.26 Å². The molecular weight excluding hydrogens is 138 g/mol. The van der Waals surface area contributed by atoms with E-state index in [0.717, 1.165) is 11.3 Å². The van der Waals surface area contributed by atoms with Crippen molar-refractivity contribution in [2.75, 3.05) is 5.73 Å². The maximum atomic E-state index is 8.73. The van der Waals surface area contributed by atoms with Gasteiger partial charge in [-0.2, -0.15) is 10.2 Å². The van der Waals surface area contributed by atoms with E-state index >= 15 is 0 Å². The minimum absolute atomic E-state index is 0.160. The second-order valence-corrected chi connectivity index (χ2v) is 2.35. The first-order valence-corrected chi connectivity index (χ1v) is 2.91. The number of aromatic nitrogens is 1. The minimum Gasteiger partial charge on any atom is -0.492 e. The van der Waals surface area contributed by atoms with Crippen molar-refractivity contribution in [3.63, 3.8) is 0 Å². The number of anilines is 1. The topological polar surface area (TPSA) is 82.9 Å². The van der Waals surface area contributed by atoms with Crippen LogP contribution in [0, 0.1) is 11.3 Å². The van der Waals surface area contributed by atoms with Crippen LogP contribution >= 0.6 is 11.3 Å². The zero-order valence-corrected chi connectivity index (χ0v) is 5.14. The normalized spacial score (nSPS) is 8.78. The molecular formula is C4H3N3OS. The fourth-order valence-corrected chi connectivity index (χ4v) is 0.925. The maximum Gasteiger partial charge on any atom is 0.242 e. The average molecular weight is 141 g/mol. The van der Waals surface area contributed by atoms with Crippen LogP contribution in [-0.2, 0) is 0 Å². The lowest BCUT2D eigenvalue weighted by Gasteiger charge is -1.74. The third kappa shape index (κ3) is 0.925. The van der Waals surface area contributed by atoms with Crippen LogP contribution in [0.3, 0.4) is 0 Å². The number of nitriles is 1. The van der Waals surface area contributed by atoms with E-state index in [4.69, 9.17) is 16.1 Å². The molecule has 9 heavy (non-hydrogen) atoms. The van der Waals surface area contributed by atoms with E-state index < -0.39 is 0 Å². The third-order valence-electron chi connectivity index (χ3n) is 0.727. The number of hydrogen-bond donors (Lipinski definition) is 2. The van der Waals surface area contributed by atoms with Gasteiger partial charge < -0.3 is 10.8 Å². The van der Waals surface area contributed by atoms with E-state index in [1.165, 1.54) is 0 Å². The highest BCUT2D eigenvalue weighted by atomic mass is 32.1. The molecule has 1 aromatic heterocycles. The van der Waals surface area contributed by atoms with Gasteiger partial charge in [0.1, 0.15) is 6.07 Å². The summed E-state index contributed by atoms with van der Waals surface area (Å²) < 4.78 is 0. The molecule has 4 nitrogen and oxygen atoms in total. The molecule has 0 radical (unpaired) electrons. The van der Waals surface area contributed by atoms with Gasteiger partial charge in [0.05, 0.1) is 0 Å². The number of nitrogens with zero attached hydrogens (tertiary/aromatic N) is 2. The maximum absolute atomic E-state index is 8.73. The third-order valence-corrected chi connectivity index (χ3v) is 1.51. The van der Waals surface area contributed by atoms with Crippen LogP contribution in [0.1, 0.15) is 4.88 Å². The Hall–Kier alpha value is -1.28. The SMILES string of the molecule is N#Cc1sc(N)nc1O. The summed E-state index contributed by atoms with van der Waals surface area (Å²) in [6.07, 6.45) is 0. The quantitative estimate of drug-likeness (QED) is 0.544. The Morgan fingerprint density at radius 2 is 2.44 bits per heavy atom. The molecule has 0 fully saturated rings. The van der Waals surface area contributed by atoms with Crippen LogP contribution < -0.4 is 5.73 Å². The van der Waals surface area contributed by atoms with Crippen LogP contribution in [0.4, 0.5) is 5.13 Å². The highest BCUT2D eigenvalue weighted by Gasteiger charge is 2.04. The predicted octanol–water partition coefficient (Wildman–Crippen LogP) is 0.303. The molecule has 0 aliphatic heterocycles. The standard InChI is InChI=1S/C4H3N3OS/c5-1-2-3(8)7-4(6)9-2/h8H,(H2,6,7). The summed E-state index contributed by atoms with van der Waals surface area (Å²) in [7, 11) is 0. The fraction of sp³-hybridized carbons (Fsp3) is 0. The van der Waals surface area contributed by atoms with Crippen LogP contribution in [0.5, 0.6) is 5.88 Å². The van der Waals surface area contributed by atoms with E-state index in [-0.39, 0.29) is 15.9 Å². The number of nitrogens with two attached hydrogens (primary N) is 1. The van der Waals surface area contributed by atoms with E-state index in [1.54, 1.807) is 6.07 Å². The number of nitrogen functional groups attached to an aromatic ring is 1. The second kappa shape index (κ2) is 1.91. The van der Waals surface area contributed by atoms with E-state index in [2.05, 4.69) is 4.98 Å². The highest BCUT2D eigenvalue weighted by Crippen LogP contribution is 2.23. The summed E-state index contributed by atoms with van der Waals surface area (Å²) in [5.41, 5.74) is 5.15. The van der Waals surface area contributed by atoms with Crippen molar-refractivity contribution in [3.05, 3.63) is 4.88 Å². The molecule has 0 bridgehead atoms. The van der Waals surface area contributed by atoms with Crippen molar-refractivity contribution >= 4 is 16.5 Å². The molecule has 1 rings (SSSR count). The largest absolute Gasteiger partial charge is 0.492 e. The molecule has 1 aromatic rings. The molecule has 1 heterocycles. The van der Waals surface area contributed by atoms with Gasteiger partial charge in [0.15, 0.2) is 10.0 Å². The smallest absolute Gasteiger partial charge is 0.242 e. The molecule has 0 aromatic carbocycles. The van der Waals surface area contributed by atoms with Gasteiger partial charge in [0.2, 0.25) is 5.88 Å². The Kier molecular flexibility index (Phi) is 1.24. The van der Waals surface area contributed by atoms with E-state index in [9.17, 15) is 0 Å². The Balaban J connectivity index is 3.20. The zero-order chi connectivity index (χ0) is 6.85. The second-order valence-electron chi connectivity index (χ2n) is 1.32. The van der Waals surface area contributed by atoms with Gasteiger partial charge in [0, 0.05) is 0 Å². The van der Waals surface area contributed by atoms with Gasteiger partial charge in [-0.05, 0) is 0 Å². The number of hydrogen-bond acceptors (Lipinski definition) is 5. The first-order chi connectivity index (χ1) is 4.24. The first-order valence-electron chi connectivity index (χ1n) is 2.09. The fourth-order valence-electron chi connectivity index (χ4n) is 0.401. The molecule has 0 saturated heterocycles. The lowest BCUT2D eigenvalue weighted by atomic mass is 10.6. The highest BCUT2D eigenvalue weighted by molar-refractivity contribution is 7.16. The van der Waals surface area contributed by atoms with Crippen LogP contribution in [0.15, 0.2) is 0 Å². The van der Waals surface area contributed by atoms with Gasteiger partial charge >= 0.3 is 0 Å². The van der Waals surface area contributed by atoms with Crippen LogP contribution in [0.2, 0.25) is 0 Å². The van der Waals surface area contributed by atoms with Gasteiger partial charge in [-0.3, -0.25) is 0 Å². The molecule has 0 aliphatic carbocycles. The number of aromatic hydroxyl groups is 1. The number of thiazole rings is 1. The van der Waals surface area contributed by atoms with E-state index in [1.807, 2.05) is 0 Å². The Morgan fingerprint density at radius 3 is 2.67 bits per heavy atom. The zero-order valence-electron chi connectivity index (χ0n) is 4.33. The van der Waals surface area contributed by atoms with Gasteiger partial charge in [-0.25, -0.2) is 0 Å². The van der Waals surface area contributed by atoms with Crippen molar-refractivity contribution in [2.45, 2.75) is 0 Å². The van der Waals surface area contributed by atoms with Crippen LogP contribution in [0.25, 0.3) is 0 Å². The molecule has 0 aliphatic rings. The molecule has 5 heteroatoms. The Bertz CT molecular complexity index is 261. The molecule has 0 amide bonds. The van der Waals surface area contributed by atoms with Crippen molar-refractivity contribution in [3.8, 4) is 11.9 Å². The summed E-state index contributed by atoms with van der Waals surface area (Å²) >= 11 is 0.970. The molecule has 0 saturated carbocycles. The van der Waals surface area contributed by atoms with Gasteiger partial charge in [0.25, 0.3) is 0 Å². The monoisotopic (exact) mass is 141 g/mol. The summed E-state index contributed by atoms with van der Waals surface area (Å²) in [6.45, 7) is 0. The molecule has 0 spiro atoms. The average Bonchev–Trinajstić information content (AvgIpc) is 2.10. The van der Waals surface area contributed by atoms with Crippen molar-refractivity contribution < 1.29 is 5.11 Å². The Morgan fingerprint density at radius 1 is 1.78 bits per heavy atom. The predicted molar refractivity (Wildman–Crippen MR) is 32.9 cm³/mol. The first kappa shape index (κ1) is 5.85. The lowest BCUT2D eigenvalue weighted by molar-refractivity contribution is 0.456. The lowest BCUT2D eigenvalue weighted by Crippen LogP contribution is -1.78. The van der Waals surface area contributed by atoms with Gasteiger partial charge in [-0.15, -0.1) is 0 Å². The summed E-state index contributed by atoms with van der Waals surface area (Å²) in [4.78, 5) is 3.57. The molecule has 3 N–H and O–H groups in total. The number of rotatable bonds is 0. The van der Waals surface area contributed by atoms with Crippen LogP contribution in [-0.4, -0.2) is 10.1 Å². The Labute approximate surface area is 55.2 Å². The summed E-state index contributed by atoms with van der Waals surface area (Å²) in [6, 6.07) is 1.74. The molecule has 0 unspecified atom stereocenters. The molecule has 46 valence electrons. The molecule has 0 atom stereocenters. The summed E-state index contributed by atoms with van der Waals surface area (Å²) in [5.74, 6) is -0.278. The van der Waals surface area contributed by atoms with E-state index in [0.29, 0.717) is 0 Å². The van der Waals surface area contributed by atoms with Gasteiger partial charge in [-0.1, -0.05) is 11.3 Å².